The van der Waals surface area contributed by atoms with E-state index in [1.165, 1.54) is 0 Å². The van der Waals surface area contributed by atoms with Crippen LogP contribution in [-0.4, -0.2) is 60.8 Å². The van der Waals surface area contributed by atoms with Crippen molar-refractivity contribution in [1.82, 2.24) is 15.5 Å². The van der Waals surface area contributed by atoms with Crippen LogP contribution in [0.1, 0.15) is 34.1 Å². The Balaban J connectivity index is 3.94. The summed E-state index contributed by atoms with van der Waals surface area (Å²) in [7, 11) is 3.82. The molecule has 0 bridgehead atoms. The summed E-state index contributed by atoms with van der Waals surface area (Å²) in [6, 6.07) is 0. The lowest BCUT2D eigenvalue weighted by molar-refractivity contribution is -0.122. The summed E-state index contributed by atoms with van der Waals surface area (Å²) < 4.78 is 0. The molecule has 0 aromatic heterocycles. The second-order valence-electron chi connectivity index (χ2n) is 6.12. The van der Waals surface area contributed by atoms with E-state index >= 15 is 0 Å². The van der Waals surface area contributed by atoms with Crippen LogP contribution in [0.2, 0.25) is 0 Å². The van der Waals surface area contributed by atoms with Crippen molar-refractivity contribution in [1.29, 1.82) is 0 Å². The Bertz CT molecular complexity index is 263. The largest absolute Gasteiger partial charge is 0.388 e. The number of likely N-dealkylation sites (N-methyl/N-ethyl adjacent to an activating group) is 1. The standard InChI is InChI=1S/C13H29N3O2/c1-7-12(2,3)15-11(17)8-14-9-13(4,18)10-16(5)6/h14,18H,7-10H2,1-6H3,(H,15,17). The molecule has 1 unspecified atom stereocenters. The highest BCUT2D eigenvalue weighted by molar-refractivity contribution is 5.78. The summed E-state index contributed by atoms with van der Waals surface area (Å²) in [6.07, 6.45) is 0.886. The van der Waals surface area contributed by atoms with Crippen molar-refractivity contribution in [2.24, 2.45) is 0 Å². The van der Waals surface area contributed by atoms with Crippen LogP contribution in [-0.2, 0) is 4.79 Å². The van der Waals surface area contributed by atoms with E-state index in [0.29, 0.717) is 13.1 Å². The molecule has 108 valence electrons. The van der Waals surface area contributed by atoms with Crippen LogP contribution in [0.25, 0.3) is 0 Å². The van der Waals surface area contributed by atoms with Crippen LogP contribution in [0, 0.1) is 0 Å². The SMILES string of the molecule is CCC(C)(C)NC(=O)CNCC(C)(O)CN(C)C. The first-order valence-corrected chi connectivity index (χ1v) is 6.47. The first-order chi connectivity index (χ1) is 8.08. The molecular weight excluding hydrogens is 230 g/mol. The van der Waals surface area contributed by atoms with Gasteiger partial charge < -0.3 is 20.6 Å². The van der Waals surface area contributed by atoms with Crippen LogP contribution in [0.15, 0.2) is 0 Å². The third kappa shape index (κ3) is 8.44. The summed E-state index contributed by atoms with van der Waals surface area (Å²) in [5, 5.41) is 16.0. The van der Waals surface area contributed by atoms with Crippen molar-refractivity contribution in [3.8, 4) is 0 Å². The molecule has 0 aliphatic rings. The van der Waals surface area contributed by atoms with Crippen molar-refractivity contribution in [3.05, 3.63) is 0 Å². The monoisotopic (exact) mass is 259 g/mol. The molecular formula is C13H29N3O2. The van der Waals surface area contributed by atoms with Gasteiger partial charge in [0.25, 0.3) is 0 Å². The maximum Gasteiger partial charge on any atom is 0.234 e. The molecule has 0 aromatic carbocycles. The smallest absolute Gasteiger partial charge is 0.234 e. The van der Waals surface area contributed by atoms with E-state index in [1.807, 2.05) is 39.8 Å². The normalized spacial score (nSPS) is 15.6. The highest BCUT2D eigenvalue weighted by atomic mass is 16.3. The zero-order chi connectivity index (χ0) is 14.4. The molecule has 3 N–H and O–H groups in total. The number of carbonyl (C=O) groups is 1. The molecule has 1 amide bonds. The number of rotatable bonds is 8. The molecule has 0 radical (unpaired) electrons. The fourth-order valence-corrected chi connectivity index (χ4v) is 1.69. The summed E-state index contributed by atoms with van der Waals surface area (Å²) in [6.45, 7) is 8.96. The quantitative estimate of drug-likeness (QED) is 0.582. The Morgan fingerprint density at radius 1 is 1.28 bits per heavy atom. The van der Waals surface area contributed by atoms with E-state index in [1.54, 1.807) is 6.92 Å². The highest BCUT2D eigenvalue weighted by Crippen LogP contribution is 2.06. The predicted octanol–water partition coefficient (Wildman–Crippen LogP) is 0.193. The molecule has 0 saturated heterocycles. The third-order valence-electron chi connectivity index (χ3n) is 2.81. The maximum absolute atomic E-state index is 11.7. The fraction of sp³-hybridized carbons (Fsp3) is 0.923. The van der Waals surface area contributed by atoms with Gasteiger partial charge in [0, 0.05) is 18.6 Å². The summed E-state index contributed by atoms with van der Waals surface area (Å²) in [5.41, 5.74) is -1.00. The number of nitrogens with one attached hydrogen (secondary N) is 2. The van der Waals surface area contributed by atoms with Gasteiger partial charge in [0.05, 0.1) is 12.1 Å². The predicted molar refractivity (Wildman–Crippen MR) is 74.6 cm³/mol. The molecule has 5 nitrogen and oxygen atoms in total. The fourth-order valence-electron chi connectivity index (χ4n) is 1.69. The Morgan fingerprint density at radius 3 is 2.28 bits per heavy atom. The Hall–Kier alpha value is -0.650. The second-order valence-corrected chi connectivity index (χ2v) is 6.12. The number of hydrogen-bond acceptors (Lipinski definition) is 4. The summed E-state index contributed by atoms with van der Waals surface area (Å²) >= 11 is 0. The van der Waals surface area contributed by atoms with E-state index in [-0.39, 0.29) is 18.0 Å². The lowest BCUT2D eigenvalue weighted by Crippen LogP contribution is -2.50. The van der Waals surface area contributed by atoms with Crippen LogP contribution in [0.5, 0.6) is 0 Å². The van der Waals surface area contributed by atoms with Gasteiger partial charge in [0.2, 0.25) is 5.91 Å². The molecule has 0 aromatic rings. The van der Waals surface area contributed by atoms with E-state index < -0.39 is 5.60 Å². The number of amides is 1. The first kappa shape index (κ1) is 17.4. The number of aliphatic hydroxyl groups is 1. The molecule has 1 atom stereocenters. The van der Waals surface area contributed by atoms with Gasteiger partial charge in [-0.3, -0.25) is 4.79 Å². The van der Waals surface area contributed by atoms with Crippen molar-refractivity contribution < 1.29 is 9.90 Å². The molecule has 18 heavy (non-hydrogen) atoms. The summed E-state index contributed by atoms with van der Waals surface area (Å²) in [4.78, 5) is 13.6. The molecule has 0 fully saturated rings. The molecule has 0 saturated carbocycles. The lowest BCUT2D eigenvalue weighted by Gasteiger charge is -2.28. The zero-order valence-electron chi connectivity index (χ0n) is 12.6. The Morgan fingerprint density at radius 2 is 1.83 bits per heavy atom. The van der Waals surface area contributed by atoms with Crippen molar-refractivity contribution >= 4 is 5.91 Å². The van der Waals surface area contributed by atoms with Gasteiger partial charge in [0.1, 0.15) is 0 Å². The topological polar surface area (TPSA) is 64.6 Å². The van der Waals surface area contributed by atoms with Gasteiger partial charge in [-0.25, -0.2) is 0 Å². The Labute approximate surface area is 111 Å². The van der Waals surface area contributed by atoms with Gasteiger partial charge in [-0.1, -0.05) is 6.92 Å². The Kier molecular flexibility index (Phi) is 6.81. The van der Waals surface area contributed by atoms with Gasteiger partial charge in [-0.05, 0) is 41.3 Å². The maximum atomic E-state index is 11.7. The van der Waals surface area contributed by atoms with Gasteiger partial charge in [0.15, 0.2) is 0 Å². The van der Waals surface area contributed by atoms with Crippen molar-refractivity contribution in [2.75, 3.05) is 33.7 Å². The first-order valence-electron chi connectivity index (χ1n) is 6.47. The van der Waals surface area contributed by atoms with Crippen molar-refractivity contribution in [2.45, 2.75) is 45.3 Å². The average molecular weight is 259 g/mol. The number of hydrogen-bond donors (Lipinski definition) is 3. The van der Waals surface area contributed by atoms with E-state index in [9.17, 15) is 9.90 Å². The van der Waals surface area contributed by atoms with Crippen LogP contribution in [0.4, 0.5) is 0 Å². The molecule has 0 spiro atoms. The minimum absolute atomic E-state index is 0.0393. The van der Waals surface area contributed by atoms with E-state index in [0.717, 1.165) is 6.42 Å². The molecule has 0 aliphatic carbocycles. The van der Waals surface area contributed by atoms with Crippen LogP contribution >= 0.6 is 0 Å². The van der Waals surface area contributed by atoms with E-state index in [2.05, 4.69) is 10.6 Å². The minimum Gasteiger partial charge on any atom is -0.388 e. The van der Waals surface area contributed by atoms with E-state index in [4.69, 9.17) is 0 Å². The molecule has 0 heterocycles. The molecule has 0 rings (SSSR count). The lowest BCUT2D eigenvalue weighted by atomic mass is 10.0. The average Bonchev–Trinajstić information content (AvgIpc) is 2.14. The number of carbonyl (C=O) groups excluding carboxylic acids is 1. The zero-order valence-corrected chi connectivity index (χ0v) is 12.6. The van der Waals surface area contributed by atoms with Gasteiger partial charge in [-0.15, -0.1) is 0 Å². The second kappa shape index (κ2) is 7.07. The highest BCUT2D eigenvalue weighted by Gasteiger charge is 2.22. The van der Waals surface area contributed by atoms with Crippen LogP contribution in [0.3, 0.4) is 0 Å². The molecule has 0 aliphatic heterocycles. The van der Waals surface area contributed by atoms with Gasteiger partial charge >= 0.3 is 0 Å². The summed E-state index contributed by atoms with van der Waals surface area (Å²) in [5.74, 6) is -0.0393. The minimum atomic E-state index is -0.829. The van der Waals surface area contributed by atoms with Crippen LogP contribution < -0.4 is 10.6 Å². The molecule has 5 heteroatoms. The third-order valence-corrected chi connectivity index (χ3v) is 2.81. The van der Waals surface area contributed by atoms with Gasteiger partial charge in [-0.2, -0.15) is 0 Å². The van der Waals surface area contributed by atoms with Crippen molar-refractivity contribution in [3.63, 3.8) is 0 Å². The number of nitrogens with zero attached hydrogens (tertiary/aromatic N) is 1.